The molecule has 0 amide bonds. The second-order valence-electron chi connectivity index (χ2n) is 6.29. The number of hydrogen-bond donors (Lipinski definition) is 2. The number of carbonyl (C=O) groups is 1. The van der Waals surface area contributed by atoms with Crippen LogP contribution in [0.25, 0.3) is 33.5 Å². The van der Waals surface area contributed by atoms with Crippen molar-refractivity contribution in [2.45, 2.75) is 6.42 Å². The van der Waals surface area contributed by atoms with Gasteiger partial charge in [0.1, 0.15) is 5.75 Å². The van der Waals surface area contributed by atoms with Gasteiger partial charge in [-0.2, -0.15) is 0 Å². The van der Waals surface area contributed by atoms with Crippen LogP contribution in [0.5, 0.6) is 5.75 Å². The molecule has 0 radical (unpaired) electrons. The highest BCUT2D eigenvalue weighted by Gasteiger charge is 2.14. The molecule has 2 aromatic heterocycles. The third-order valence-electron chi connectivity index (χ3n) is 4.45. The number of nitrogens with zero attached hydrogens (tertiary/aromatic N) is 1. The van der Waals surface area contributed by atoms with Gasteiger partial charge in [0.2, 0.25) is 0 Å². The first-order valence-corrected chi connectivity index (χ1v) is 8.52. The predicted octanol–water partition coefficient (Wildman–Crippen LogP) is 3.49. The summed E-state index contributed by atoms with van der Waals surface area (Å²) < 4.78 is 10.6. The van der Waals surface area contributed by atoms with Crippen molar-refractivity contribution in [3.63, 3.8) is 0 Å². The SMILES string of the molecule is COc1cc2[nH]c(-c3cccc(CC(=O)O)c3)cc(=O)c2cc1-c1ccno1. The number of carboxylic acids is 1. The van der Waals surface area contributed by atoms with E-state index in [-0.39, 0.29) is 11.8 Å². The molecule has 7 heteroatoms. The number of rotatable bonds is 5. The molecule has 0 aliphatic rings. The van der Waals surface area contributed by atoms with Gasteiger partial charge in [0.05, 0.1) is 30.8 Å². The molecular formula is C21H16N2O5. The van der Waals surface area contributed by atoms with E-state index in [4.69, 9.17) is 14.4 Å². The number of carboxylic acid groups (broad SMARTS) is 1. The van der Waals surface area contributed by atoms with E-state index in [0.717, 1.165) is 5.56 Å². The van der Waals surface area contributed by atoms with Crippen molar-refractivity contribution in [3.8, 4) is 28.3 Å². The van der Waals surface area contributed by atoms with E-state index in [9.17, 15) is 9.59 Å². The predicted molar refractivity (Wildman–Crippen MR) is 103 cm³/mol. The summed E-state index contributed by atoms with van der Waals surface area (Å²) in [5, 5.41) is 13.2. The third-order valence-corrected chi connectivity index (χ3v) is 4.45. The largest absolute Gasteiger partial charge is 0.496 e. The average molecular weight is 376 g/mol. The van der Waals surface area contributed by atoms with E-state index >= 15 is 0 Å². The van der Waals surface area contributed by atoms with Crippen LogP contribution >= 0.6 is 0 Å². The van der Waals surface area contributed by atoms with Crippen molar-refractivity contribution in [1.82, 2.24) is 10.1 Å². The van der Waals surface area contributed by atoms with E-state index < -0.39 is 5.97 Å². The maximum Gasteiger partial charge on any atom is 0.307 e. The number of methoxy groups -OCH3 is 1. The Kier molecular flexibility index (Phi) is 4.41. The number of nitrogens with one attached hydrogen (secondary N) is 1. The molecule has 0 aliphatic heterocycles. The number of fused-ring (bicyclic) bond motifs is 1. The van der Waals surface area contributed by atoms with E-state index in [1.807, 2.05) is 6.07 Å². The topological polar surface area (TPSA) is 105 Å². The van der Waals surface area contributed by atoms with E-state index in [2.05, 4.69) is 10.1 Å². The van der Waals surface area contributed by atoms with E-state index in [1.165, 1.54) is 12.3 Å². The minimum Gasteiger partial charge on any atom is -0.496 e. The fourth-order valence-electron chi connectivity index (χ4n) is 3.17. The van der Waals surface area contributed by atoms with E-state index in [1.54, 1.807) is 43.5 Å². The molecule has 2 N–H and O–H groups in total. The van der Waals surface area contributed by atoms with Gasteiger partial charge in [0.15, 0.2) is 11.2 Å². The van der Waals surface area contributed by atoms with Crippen LogP contribution in [-0.4, -0.2) is 28.3 Å². The summed E-state index contributed by atoms with van der Waals surface area (Å²) in [4.78, 5) is 27.0. The quantitative estimate of drug-likeness (QED) is 0.552. The van der Waals surface area contributed by atoms with Crippen molar-refractivity contribution in [2.75, 3.05) is 7.11 Å². The second-order valence-corrected chi connectivity index (χ2v) is 6.29. The lowest BCUT2D eigenvalue weighted by Crippen LogP contribution is -2.04. The van der Waals surface area contributed by atoms with Crippen molar-refractivity contribution < 1.29 is 19.2 Å². The molecule has 2 aromatic carbocycles. The van der Waals surface area contributed by atoms with Gasteiger partial charge < -0.3 is 19.4 Å². The number of aromatic amines is 1. The zero-order valence-corrected chi connectivity index (χ0v) is 14.9. The minimum absolute atomic E-state index is 0.0833. The van der Waals surface area contributed by atoms with Crippen molar-refractivity contribution in [1.29, 1.82) is 0 Å². The Morgan fingerprint density at radius 3 is 2.79 bits per heavy atom. The van der Waals surface area contributed by atoms with Gasteiger partial charge in [0, 0.05) is 29.3 Å². The van der Waals surface area contributed by atoms with Crippen LogP contribution in [-0.2, 0) is 11.2 Å². The summed E-state index contributed by atoms with van der Waals surface area (Å²) in [5.41, 5.74) is 3.05. The molecule has 0 bridgehead atoms. The zero-order chi connectivity index (χ0) is 19.7. The Hall–Kier alpha value is -3.87. The first-order chi connectivity index (χ1) is 13.5. The molecule has 0 saturated carbocycles. The molecule has 0 saturated heterocycles. The van der Waals surface area contributed by atoms with Gasteiger partial charge in [-0.05, 0) is 23.3 Å². The van der Waals surface area contributed by atoms with Crippen LogP contribution in [0.15, 0.2) is 64.0 Å². The molecule has 4 aromatic rings. The highest BCUT2D eigenvalue weighted by molar-refractivity contribution is 5.88. The summed E-state index contributed by atoms with van der Waals surface area (Å²) in [7, 11) is 1.54. The number of pyridine rings is 1. The fourth-order valence-corrected chi connectivity index (χ4v) is 3.17. The van der Waals surface area contributed by atoms with Gasteiger partial charge in [-0.25, -0.2) is 0 Å². The Morgan fingerprint density at radius 2 is 2.07 bits per heavy atom. The highest BCUT2D eigenvalue weighted by Crippen LogP contribution is 2.33. The first-order valence-electron chi connectivity index (χ1n) is 8.52. The smallest absolute Gasteiger partial charge is 0.307 e. The minimum atomic E-state index is -0.908. The Morgan fingerprint density at radius 1 is 1.21 bits per heavy atom. The molecular weight excluding hydrogens is 360 g/mol. The maximum atomic E-state index is 12.8. The van der Waals surface area contributed by atoms with Gasteiger partial charge >= 0.3 is 5.97 Å². The number of aromatic nitrogens is 2. The first kappa shape index (κ1) is 17.5. The van der Waals surface area contributed by atoms with Gasteiger partial charge in [-0.3, -0.25) is 9.59 Å². The molecule has 2 heterocycles. The molecule has 7 nitrogen and oxygen atoms in total. The van der Waals surface area contributed by atoms with Crippen LogP contribution in [0.3, 0.4) is 0 Å². The normalized spacial score (nSPS) is 10.9. The summed E-state index contributed by atoms with van der Waals surface area (Å²) in [6.45, 7) is 0. The highest BCUT2D eigenvalue weighted by atomic mass is 16.5. The van der Waals surface area contributed by atoms with Gasteiger partial charge in [-0.15, -0.1) is 0 Å². The maximum absolute atomic E-state index is 12.8. The van der Waals surface area contributed by atoms with Crippen LogP contribution in [0.1, 0.15) is 5.56 Å². The van der Waals surface area contributed by atoms with Crippen LogP contribution in [0.4, 0.5) is 0 Å². The number of H-pyrrole nitrogens is 1. The lowest BCUT2D eigenvalue weighted by Gasteiger charge is -2.10. The molecule has 28 heavy (non-hydrogen) atoms. The zero-order valence-electron chi connectivity index (χ0n) is 14.9. The number of benzene rings is 2. The van der Waals surface area contributed by atoms with Crippen molar-refractivity contribution >= 4 is 16.9 Å². The standard InChI is InChI=1S/C21H16N2O5/c1-27-20-11-17-14(9-15(20)19-5-6-22-28-19)18(24)10-16(23-17)13-4-2-3-12(7-13)8-21(25)26/h2-7,9-11H,8H2,1H3,(H,23,24)(H,25,26). The van der Waals surface area contributed by atoms with Gasteiger partial charge in [-0.1, -0.05) is 23.4 Å². The van der Waals surface area contributed by atoms with Crippen molar-refractivity contribution in [3.05, 3.63) is 70.5 Å². The monoisotopic (exact) mass is 376 g/mol. The molecule has 140 valence electrons. The lowest BCUT2D eigenvalue weighted by molar-refractivity contribution is -0.136. The van der Waals surface area contributed by atoms with Crippen LogP contribution in [0, 0.1) is 0 Å². The van der Waals surface area contributed by atoms with Crippen molar-refractivity contribution in [2.24, 2.45) is 0 Å². The summed E-state index contributed by atoms with van der Waals surface area (Å²) in [6, 6.07) is 13.7. The molecule has 4 rings (SSSR count). The molecule has 0 aliphatic carbocycles. The van der Waals surface area contributed by atoms with Gasteiger partial charge in [0.25, 0.3) is 0 Å². The summed E-state index contributed by atoms with van der Waals surface area (Å²) in [6.07, 6.45) is 1.44. The Labute approximate surface area is 159 Å². The third kappa shape index (κ3) is 3.25. The molecule has 0 fully saturated rings. The Balaban J connectivity index is 1.86. The number of aliphatic carboxylic acids is 1. The summed E-state index contributed by atoms with van der Waals surface area (Å²) in [5.74, 6) is 0.133. The molecule has 0 atom stereocenters. The average Bonchev–Trinajstić information content (AvgIpc) is 3.21. The van der Waals surface area contributed by atoms with Crippen LogP contribution < -0.4 is 10.2 Å². The second kappa shape index (κ2) is 7.03. The molecule has 0 spiro atoms. The summed E-state index contributed by atoms with van der Waals surface area (Å²) >= 11 is 0. The molecule has 0 unspecified atom stereocenters. The number of ether oxygens (including phenoxy) is 1. The lowest BCUT2D eigenvalue weighted by atomic mass is 10.0. The number of hydrogen-bond acceptors (Lipinski definition) is 5. The van der Waals surface area contributed by atoms with E-state index in [0.29, 0.717) is 39.2 Å². The van der Waals surface area contributed by atoms with Crippen LogP contribution in [0.2, 0.25) is 0 Å². The fraction of sp³-hybridized carbons (Fsp3) is 0.0952. The Bertz CT molecular complexity index is 1230.